The second kappa shape index (κ2) is 6.48. The van der Waals surface area contributed by atoms with Gasteiger partial charge in [0.15, 0.2) is 11.5 Å². The number of hydrogen-bond donors (Lipinski definition) is 0. The van der Waals surface area contributed by atoms with Crippen LogP contribution in [-0.4, -0.2) is 21.4 Å². The summed E-state index contributed by atoms with van der Waals surface area (Å²) in [6.45, 7) is 5.28. The monoisotopic (exact) mass is 353 g/mol. The van der Waals surface area contributed by atoms with Crippen LogP contribution < -0.4 is 0 Å². The van der Waals surface area contributed by atoms with E-state index in [9.17, 15) is 9.18 Å². The molecular weight excluding hydrogens is 337 g/mol. The number of carbonyl (C=O) groups excluding carboxylic acids is 1. The highest BCUT2D eigenvalue weighted by atomic mass is 19.1. The van der Waals surface area contributed by atoms with Crippen LogP contribution in [-0.2, 0) is 4.74 Å². The smallest absolute Gasteiger partial charge is 0.359 e. The average molecular weight is 353 g/mol. The third-order valence-electron chi connectivity index (χ3n) is 3.41. The summed E-state index contributed by atoms with van der Waals surface area (Å²) < 4.78 is 25.8. The molecule has 3 rings (SSSR count). The third kappa shape index (κ3) is 3.49. The van der Waals surface area contributed by atoms with E-state index in [4.69, 9.17) is 14.4 Å². The summed E-state index contributed by atoms with van der Waals surface area (Å²) in [5, 5.41) is 13.3. The SMILES string of the molecule is CC(C)(C)OC(=O)c1cc(-c2ccco2)n(-c2ccc(F)c(C#N)c2)n1. The molecule has 0 spiro atoms. The van der Waals surface area contributed by atoms with Crippen molar-refractivity contribution in [3.63, 3.8) is 0 Å². The van der Waals surface area contributed by atoms with Gasteiger partial charge in [-0.1, -0.05) is 0 Å². The summed E-state index contributed by atoms with van der Waals surface area (Å²) in [7, 11) is 0. The molecule has 0 fully saturated rings. The zero-order chi connectivity index (χ0) is 18.9. The summed E-state index contributed by atoms with van der Waals surface area (Å²) >= 11 is 0. The molecule has 26 heavy (non-hydrogen) atoms. The summed E-state index contributed by atoms with van der Waals surface area (Å²) in [5.41, 5.74) is 0.183. The second-order valence-electron chi connectivity index (χ2n) is 6.58. The minimum Gasteiger partial charge on any atom is -0.463 e. The Morgan fingerprint density at radius 1 is 1.31 bits per heavy atom. The van der Waals surface area contributed by atoms with Crippen molar-refractivity contribution in [1.82, 2.24) is 9.78 Å². The third-order valence-corrected chi connectivity index (χ3v) is 3.41. The van der Waals surface area contributed by atoms with Crippen molar-refractivity contribution < 1.29 is 18.3 Å². The zero-order valence-corrected chi connectivity index (χ0v) is 14.5. The number of nitrogens with zero attached hydrogens (tertiary/aromatic N) is 3. The molecule has 0 radical (unpaired) electrons. The summed E-state index contributed by atoms with van der Waals surface area (Å²) in [6, 6.07) is 10.7. The number of hydrogen-bond acceptors (Lipinski definition) is 5. The summed E-state index contributed by atoms with van der Waals surface area (Å²) in [6.07, 6.45) is 1.49. The highest BCUT2D eigenvalue weighted by molar-refractivity contribution is 5.89. The first-order chi connectivity index (χ1) is 12.3. The van der Waals surface area contributed by atoms with Crippen molar-refractivity contribution in [2.75, 3.05) is 0 Å². The minimum atomic E-state index is -0.671. The Morgan fingerprint density at radius 2 is 2.08 bits per heavy atom. The summed E-state index contributed by atoms with van der Waals surface area (Å²) in [4.78, 5) is 12.4. The highest BCUT2D eigenvalue weighted by Crippen LogP contribution is 2.26. The Morgan fingerprint density at radius 3 is 2.69 bits per heavy atom. The van der Waals surface area contributed by atoms with Crippen LogP contribution in [0, 0.1) is 17.1 Å². The lowest BCUT2D eigenvalue weighted by Crippen LogP contribution is -2.24. The lowest BCUT2D eigenvalue weighted by Gasteiger charge is -2.18. The molecule has 7 heteroatoms. The van der Waals surface area contributed by atoms with Crippen LogP contribution in [0.15, 0.2) is 47.1 Å². The van der Waals surface area contributed by atoms with Gasteiger partial charge in [0, 0.05) is 6.07 Å². The molecule has 1 aromatic carbocycles. The Hall–Kier alpha value is -3.40. The number of nitriles is 1. The highest BCUT2D eigenvalue weighted by Gasteiger charge is 2.23. The molecule has 0 aliphatic rings. The molecule has 6 nitrogen and oxygen atoms in total. The van der Waals surface area contributed by atoms with Crippen molar-refractivity contribution in [3.05, 3.63) is 59.7 Å². The minimum absolute atomic E-state index is 0.0779. The molecule has 0 unspecified atom stereocenters. The molecule has 2 heterocycles. The van der Waals surface area contributed by atoms with Gasteiger partial charge in [0.2, 0.25) is 0 Å². The van der Waals surface area contributed by atoms with Crippen LogP contribution in [0.4, 0.5) is 4.39 Å². The lowest BCUT2D eigenvalue weighted by molar-refractivity contribution is 0.00623. The maximum atomic E-state index is 13.6. The standard InChI is InChI=1S/C19H16FN3O3/c1-19(2,3)26-18(24)15-10-16(17-5-4-8-25-17)23(22-15)13-6-7-14(20)12(9-13)11-21/h4-10H,1-3H3. The fourth-order valence-corrected chi connectivity index (χ4v) is 2.34. The molecule has 132 valence electrons. The Bertz CT molecular complexity index is 992. The molecule has 0 amide bonds. The molecule has 0 bridgehead atoms. The first-order valence-electron chi connectivity index (χ1n) is 7.86. The van der Waals surface area contributed by atoms with Crippen molar-refractivity contribution >= 4 is 5.97 Å². The molecule has 2 aromatic heterocycles. The Balaban J connectivity index is 2.12. The van der Waals surface area contributed by atoms with E-state index in [-0.39, 0.29) is 11.3 Å². The zero-order valence-electron chi connectivity index (χ0n) is 14.5. The fourth-order valence-electron chi connectivity index (χ4n) is 2.34. The van der Waals surface area contributed by atoms with Crippen LogP contribution in [0.25, 0.3) is 17.1 Å². The van der Waals surface area contributed by atoms with Crippen molar-refractivity contribution in [2.24, 2.45) is 0 Å². The molecule has 0 aliphatic heterocycles. The number of benzene rings is 1. The number of furan rings is 1. The van der Waals surface area contributed by atoms with Gasteiger partial charge in [-0.2, -0.15) is 10.4 Å². The largest absolute Gasteiger partial charge is 0.463 e. The van der Waals surface area contributed by atoms with E-state index in [0.717, 1.165) is 0 Å². The molecule has 0 atom stereocenters. The fraction of sp³-hybridized carbons (Fsp3) is 0.211. The van der Waals surface area contributed by atoms with Gasteiger partial charge in [0.05, 0.1) is 17.5 Å². The first-order valence-corrected chi connectivity index (χ1v) is 7.86. The van der Waals surface area contributed by atoms with Crippen LogP contribution >= 0.6 is 0 Å². The number of aromatic nitrogens is 2. The number of carbonyl (C=O) groups is 1. The van der Waals surface area contributed by atoms with Crippen molar-refractivity contribution in [2.45, 2.75) is 26.4 Å². The number of rotatable bonds is 3. The van der Waals surface area contributed by atoms with Crippen LogP contribution in [0.1, 0.15) is 36.8 Å². The van der Waals surface area contributed by atoms with Gasteiger partial charge in [-0.05, 0) is 51.1 Å². The first kappa shape index (κ1) is 17.4. The predicted molar refractivity (Wildman–Crippen MR) is 91.1 cm³/mol. The van der Waals surface area contributed by atoms with Crippen LogP contribution in [0.2, 0.25) is 0 Å². The summed E-state index contributed by atoms with van der Waals surface area (Å²) in [5.74, 6) is -0.753. The maximum absolute atomic E-state index is 13.6. The van der Waals surface area contributed by atoms with E-state index in [0.29, 0.717) is 17.1 Å². The van der Waals surface area contributed by atoms with Crippen LogP contribution in [0.3, 0.4) is 0 Å². The van der Waals surface area contributed by atoms with Crippen molar-refractivity contribution in [3.8, 4) is 23.2 Å². The lowest BCUT2D eigenvalue weighted by atomic mass is 10.2. The topological polar surface area (TPSA) is 81.0 Å². The van der Waals surface area contributed by atoms with E-state index in [2.05, 4.69) is 5.10 Å². The van der Waals surface area contributed by atoms with Gasteiger partial charge in [0.1, 0.15) is 23.2 Å². The Kier molecular flexibility index (Phi) is 4.34. The number of ether oxygens (including phenoxy) is 1. The van der Waals surface area contributed by atoms with Gasteiger partial charge in [-0.25, -0.2) is 13.9 Å². The van der Waals surface area contributed by atoms with E-state index in [1.807, 2.05) is 0 Å². The van der Waals surface area contributed by atoms with Gasteiger partial charge < -0.3 is 9.15 Å². The maximum Gasteiger partial charge on any atom is 0.359 e. The van der Waals surface area contributed by atoms with Gasteiger partial charge in [-0.3, -0.25) is 0 Å². The van der Waals surface area contributed by atoms with Gasteiger partial charge in [-0.15, -0.1) is 0 Å². The Labute approximate surface area is 149 Å². The van der Waals surface area contributed by atoms with Gasteiger partial charge >= 0.3 is 5.97 Å². The molecule has 0 aliphatic carbocycles. The second-order valence-corrected chi connectivity index (χ2v) is 6.58. The number of halogens is 1. The van der Waals surface area contributed by atoms with E-state index < -0.39 is 17.4 Å². The molecule has 0 saturated carbocycles. The molecular formula is C19H16FN3O3. The van der Waals surface area contributed by atoms with E-state index >= 15 is 0 Å². The average Bonchev–Trinajstić information content (AvgIpc) is 3.23. The number of esters is 1. The normalized spacial score (nSPS) is 11.2. The molecule has 0 N–H and O–H groups in total. The molecule has 3 aromatic rings. The van der Waals surface area contributed by atoms with E-state index in [1.165, 1.54) is 35.2 Å². The van der Waals surface area contributed by atoms with E-state index in [1.54, 1.807) is 39.0 Å². The quantitative estimate of drug-likeness (QED) is 0.662. The molecule has 0 saturated heterocycles. The predicted octanol–water partition coefficient (Wildman–Crippen LogP) is 4.10. The van der Waals surface area contributed by atoms with Crippen molar-refractivity contribution in [1.29, 1.82) is 5.26 Å². The van der Waals surface area contributed by atoms with Crippen LogP contribution in [0.5, 0.6) is 0 Å². The van der Waals surface area contributed by atoms with Gasteiger partial charge in [0.25, 0.3) is 0 Å².